The Bertz CT molecular complexity index is 3120. The van der Waals surface area contributed by atoms with Gasteiger partial charge in [-0.15, -0.1) is 0 Å². The minimum absolute atomic E-state index is 0.621. The average molecular weight is 1100 g/mol. The Balaban J connectivity index is 1.37. The van der Waals surface area contributed by atoms with E-state index in [1.165, 1.54) is 100 Å². The molecule has 10 aromatic rings. The molecule has 334 valence electrons. The number of hydrogen-bond acceptors (Lipinski definition) is 0. The first kappa shape index (κ1) is 44.3. The molecule has 1 heteroatoms. The second-order valence-electron chi connectivity index (χ2n) is 18.3. The summed E-state index contributed by atoms with van der Waals surface area (Å²) < 4.78 is -1.24. The molecule has 0 unspecified atom stereocenters. The predicted molar refractivity (Wildman–Crippen MR) is 301 cm³/mol. The SMILES string of the molecule is c1ccc(C2=C(c3ccccc3)[C]([Pb][C]3(c4ccccc4)C(c4ccccc4)=C(c4ccccc4)C(c4ccccc4)=C3c3ccccc3)(c3ccccc3)C(c3ccccc3)=C2c2ccccc2)cc1. The van der Waals surface area contributed by atoms with Gasteiger partial charge in [-0.25, -0.2) is 0 Å². The molecule has 0 amide bonds. The van der Waals surface area contributed by atoms with Crippen molar-refractivity contribution in [2.45, 2.75) is 5.95 Å². The Labute approximate surface area is 430 Å². The monoisotopic (exact) mass is 1100 g/mol. The summed E-state index contributed by atoms with van der Waals surface area (Å²) in [7, 11) is 0. The van der Waals surface area contributed by atoms with Crippen LogP contribution in [0, 0.1) is 0 Å². The van der Waals surface area contributed by atoms with Crippen LogP contribution < -0.4 is 0 Å². The maximum absolute atomic E-state index is 2.76. The quantitative estimate of drug-likeness (QED) is 0.107. The summed E-state index contributed by atoms with van der Waals surface area (Å²) in [6, 6.07) is 114. The van der Waals surface area contributed by atoms with Gasteiger partial charge in [0, 0.05) is 0 Å². The Morgan fingerprint density at radius 2 is 0.324 bits per heavy atom. The molecule has 0 nitrogen and oxygen atoms in total. The van der Waals surface area contributed by atoms with Gasteiger partial charge in [0.15, 0.2) is 0 Å². The van der Waals surface area contributed by atoms with Crippen LogP contribution in [0.2, 0.25) is 0 Å². The van der Waals surface area contributed by atoms with Gasteiger partial charge in [0.05, 0.1) is 0 Å². The summed E-state index contributed by atoms with van der Waals surface area (Å²) in [6.07, 6.45) is 0. The van der Waals surface area contributed by atoms with Crippen molar-refractivity contribution in [2.75, 3.05) is 0 Å². The second-order valence-corrected chi connectivity index (χ2v) is 25.1. The predicted octanol–water partition coefficient (Wildman–Crippen LogP) is 17.0. The molecule has 2 aliphatic carbocycles. The molecule has 10 aromatic carbocycles. The zero-order chi connectivity index (χ0) is 47.5. The molecule has 2 radical (unpaired) electrons. The molecular formula is C70H50Pb. The average Bonchev–Trinajstić information content (AvgIpc) is 3.95. The van der Waals surface area contributed by atoms with Gasteiger partial charge in [-0.05, 0) is 0 Å². The van der Waals surface area contributed by atoms with Crippen molar-refractivity contribution < 1.29 is 0 Å². The van der Waals surface area contributed by atoms with Crippen molar-refractivity contribution >= 4 is 68.8 Å². The Morgan fingerprint density at radius 1 is 0.169 bits per heavy atom. The molecule has 0 aliphatic heterocycles. The zero-order valence-electron chi connectivity index (χ0n) is 39.4. The third-order valence-corrected chi connectivity index (χ3v) is 23.3. The van der Waals surface area contributed by atoms with Crippen LogP contribution in [-0.4, -0.2) is 24.2 Å². The molecule has 71 heavy (non-hydrogen) atoms. The third kappa shape index (κ3) is 7.75. The molecule has 0 fully saturated rings. The fraction of sp³-hybridized carbons (Fsp3) is 0.0286. The normalized spacial score (nSPS) is 15.1. The fourth-order valence-corrected chi connectivity index (χ4v) is 22.3. The first-order valence-electron chi connectivity index (χ1n) is 24.6. The van der Waals surface area contributed by atoms with Gasteiger partial charge in [-0.3, -0.25) is 0 Å². The van der Waals surface area contributed by atoms with Crippen LogP contribution in [0.3, 0.4) is 0 Å². The summed E-state index contributed by atoms with van der Waals surface area (Å²) in [6.45, 7) is 0. The van der Waals surface area contributed by atoms with E-state index in [0.717, 1.165) is 0 Å². The molecule has 2 aliphatic rings. The number of allylic oxidation sites excluding steroid dienone is 8. The van der Waals surface area contributed by atoms with Crippen LogP contribution in [0.15, 0.2) is 303 Å². The van der Waals surface area contributed by atoms with E-state index < -0.39 is 30.2 Å². The van der Waals surface area contributed by atoms with Gasteiger partial charge >= 0.3 is 434 Å². The zero-order valence-corrected chi connectivity index (χ0v) is 43.3. The molecule has 0 heterocycles. The standard InChI is InChI=1S/2C35H25.Pb/c2*1-6-16-26(17-7-1)31-32(27-18-8-2-9-19-27)34(29-22-12-4-13-23-29)35(30-24-14-5-15-25-30)33(31)28-20-10-3-11-21-28;/h2*1-25H;. The van der Waals surface area contributed by atoms with E-state index in [2.05, 4.69) is 303 Å². The van der Waals surface area contributed by atoms with E-state index in [4.69, 9.17) is 0 Å². The van der Waals surface area contributed by atoms with Crippen LogP contribution in [0.1, 0.15) is 55.6 Å². The first-order chi connectivity index (χ1) is 35.3. The topological polar surface area (TPSA) is 0 Å². The fourth-order valence-electron chi connectivity index (χ4n) is 11.6. The molecule has 0 spiro atoms. The van der Waals surface area contributed by atoms with Gasteiger partial charge in [0.25, 0.3) is 0 Å². The second kappa shape index (κ2) is 19.5. The van der Waals surface area contributed by atoms with Crippen molar-refractivity contribution in [2.24, 2.45) is 0 Å². The summed E-state index contributed by atoms with van der Waals surface area (Å²) in [5.41, 5.74) is 23.2. The number of hydrogen-bond donors (Lipinski definition) is 0. The van der Waals surface area contributed by atoms with Gasteiger partial charge in [0.1, 0.15) is 0 Å². The Hall–Kier alpha value is -7.92. The number of rotatable bonds is 12. The summed E-state index contributed by atoms with van der Waals surface area (Å²) in [5.74, 6) is 0. The van der Waals surface area contributed by atoms with Crippen molar-refractivity contribution in [3.05, 3.63) is 359 Å². The van der Waals surface area contributed by atoms with E-state index >= 15 is 0 Å². The molecule has 0 saturated carbocycles. The van der Waals surface area contributed by atoms with Crippen molar-refractivity contribution in [3.8, 4) is 0 Å². The molecule has 0 aromatic heterocycles. The van der Waals surface area contributed by atoms with E-state index in [1.807, 2.05) is 0 Å². The van der Waals surface area contributed by atoms with Crippen LogP contribution >= 0.6 is 0 Å². The van der Waals surface area contributed by atoms with Gasteiger partial charge < -0.3 is 0 Å². The van der Waals surface area contributed by atoms with Crippen LogP contribution in [0.5, 0.6) is 0 Å². The summed E-state index contributed by atoms with van der Waals surface area (Å²) in [4.78, 5) is 0. The van der Waals surface area contributed by atoms with E-state index in [9.17, 15) is 0 Å². The van der Waals surface area contributed by atoms with Crippen LogP contribution in [0.25, 0.3) is 44.6 Å². The van der Waals surface area contributed by atoms with Crippen LogP contribution in [-0.2, 0) is 5.95 Å². The molecule has 0 bridgehead atoms. The van der Waals surface area contributed by atoms with Crippen molar-refractivity contribution in [1.29, 1.82) is 0 Å². The minimum atomic E-state index is -2.76. The van der Waals surface area contributed by atoms with Crippen LogP contribution in [0.4, 0.5) is 0 Å². The van der Waals surface area contributed by atoms with Crippen molar-refractivity contribution in [3.63, 3.8) is 0 Å². The maximum atomic E-state index is 2.46. The third-order valence-electron chi connectivity index (χ3n) is 14.3. The van der Waals surface area contributed by atoms with Gasteiger partial charge in [-0.2, -0.15) is 0 Å². The summed E-state index contributed by atoms with van der Waals surface area (Å²) >= 11 is -2.76. The van der Waals surface area contributed by atoms with Gasteiger partial charge in [-0.1, -0.05) is 0 Å². The molecule has 0 atom stereocenters. The first-order valence-corrected chi connectivity index (χ1v) is 28.5. The van der Waals surface area contributed by atoms with Crippen molar-refractivity contribution in [1.82, 2.24) is 0 Å². The Kier molecular flexibility index (Phi) is 12.1. The molecule has 0 N–H and O–H groups in total. The molecule has 12 rings (SSSR count). The van der Waals surface area contributed by atoms with E-state index in [-0.39, 0.29) is 0 Å². The van der Waals surface area contributed by atoms with E-state index in [1.54, 1.807) is 0 Å². The molecular weight excluding hydrogens is 1050 g/mol. The van der Waals surface area contributed by atoms with Gasteiger partial charge in [0.2, 0.25) is 0 Å². The Morgan fingerprint density at radius 3 is 0.507 bits per heavy atom. The number of benzene rings is 10. The molecule has 0 saturated heterocycles. The summed E-state index contributed by atoms with van der Waals surface area (Å²) in [5, 5.41) is 0. The van der Waals surface area contributed by atoms with E-state index in [0.29, 0.717) is 0 Å².